The number of nitrogens with one attached hydrogen (secondary N) is 1. The molecule has 31 heavy (non-hydrogen) atoms. The second-order valence-electron chi connectivity index (χ2n) is 7.38. The number of rotatable bonds is 6. The van der Waals surface area contributed by atoms with Crippen molar-refractivity contribution in [3.8, 4) is 5.69 Å². The summed E-state index contributed by atoms with van der Waals surface area (Å²) < 4.78 is 1.50. The van der Waals surface area contributed by atoms with Gasteiger partial charge in [-0.25, -0.2) is 9.48 Å². The van der Waals surface area contributed by atoms with Crippen molar-refractivity contribution in [1.29, 1.82) is 0 Å². The van der Waals surface area contributed by atoms with Crippen LogP contribution in [0.4, 0.5) is 5.69 Å². The lowest BCUT2D eigenvalue weighted by Crippen LogP contribution is -2.35. The van der Waals surface area contributed by atoms with Gasteiger partial charge >= 0.3 is 5.97 Å². The Kier molecular flexibility index (Phi) is 6.20. The molecule has 160 valence electrons. The maximum atomic E-state index is 12.7. The average Bonchev–Trinajstić information content (AvgIpc) is 3.12. The van der Waals surface area contributed by atoms with E-state index in [1.807, 2.05) is 32.0 Å². The normalized spacial score (nSPS) is 10.6. The molecule has 0 aliphatic rings. The predicted octanol–water partition coefficient (Wildman–Crippen LogP) is 3.21. The highest BCUT2D eigenvalue weighted by atomic mass is 16.4. The molecule has 3 rings (SSSR count). The Labute approximate surface area is 180 Å². The van der Waals surface area contributed by atoms with Crippen molar-refractivity contribution in [3.63, 3.8) is 0 Å². The van der Waals surface area contributed by atoms with E-state index in [4.69, 9.17) is 5.11 Å². The SMILES string of the molecule is Cc1cccc(C)c1NC(=O)CN(C)C(=O)c1ccc(-n2ncc(C(=O)O)c2C)cc1. The highest BCUT2D eigenvalue weighted by Gasteiger charge is 2.17. The molecule has 0 radical (unpaired) electrons. The molecule has 8 nitrogen and oxygen atoms in total. The number of hydrogen-bond acceptors (Lipinski definition) is 4. The van der Waals surface area contributed by atoms with Gasteiger partial charge in [0.2, 0.25) is 5.91 Å². The second kappa shape index (κ2) is 8.83. The summed E-state index contributed by atoms with van der Waals surface area (Å²) in [7, 11) is 1.57. The van der Waals surface area contributed by atoms with Crippen molar-refractivity contribution >= 4 is 23.5 Å². The minimum absolute atomic E-state index is 0.0887. The molecule has 2 aromatic carbocycles. The van der Waals surface area contributed by atoms with Gasteiger partial charge in [-0.2, -0.15) is 5.10 Å². The summed E-state index contributed by atoms with van der Waals surface area (Å²) >= 11 is 0. The Hall–Kier alpha value is -3.94. The van der Waals surface area contributed by atoms with Crippen LogP contribution in [0.5, 0.6) is 0 Å². The first-order valence-electron chi connectivity index (χ1n) is 9.69. The number of hydrogen-bond donors (Lipinski definition) is 2. The zero-order chi connectivity index (χ0) is 22.7. The lowest BCUT2D eigenvalue weighted by Gasteiger charge is -2.18. The maximum Gasteiger partial charge on any atom is 0.339 e. The van der Waals surface area contributed by atoms with E-state index in [1.54, 1.807) is 38.2 Å². The molecule has 0 bridgehead atoms. The number of amides is 2. The van der Waals surface area contributed by atoms with Crippen LogP contribution in [0.15, 0.2) is 48.7 Å². The molecular weight excluding hydrogens is 396 g/mol. The zero-order valence-corrected chi connectivity index (χ0v) is 17.8. The quantitative estimate of drug-likeness (QED) is 0.637. The van der Waals surface area contributed by atoms with Gasteiger partial charge in [0.15, 0.2) is 0 Å². The number of carbonyl (C=O) groups excluding carboxylic acids is 2. The Morgan fingerprint density at radius 2 is 1.65 bits per heavy atom. The molecule has 0 aliphatic heterocycles. The molecular formula is C23H24N4O4. The number of anilines is 1. The Morgan fingerprint density at radius 3 is 2.19 bits per heavy atom. The van der Waals surface area contributed by atoms with E-state index in [0.29, 0.717) is 16.9 Å². The molecule has 1 heterocycles. The topological polar surface area (TPSA) is 105 Å². The van der Waals surface area contributed by atoms with Crippen LogP contribution in [-0.2, 0) is 4.79 Å². The van der Waals surface area contributed by atoms with Gasteiger partial charge in [0, 0.05) is 18.3 Å². The van der Waals surface area contributed by atoms with Crippen molar-refractivity contribution in [2.24, 2.45) is 0 Å². The van der Waals surface area contributed by atoms with Crippen LogP contribution in [0.3, 0.4) is 0 Å². The lowest BCUT2D eigenvalue weighted by atomic mass is 10.1. The number of aromatic carboxylic acids is 1. The van der Waals surface area contributed by atoms with E-state index < -0.39 is 5.97 Å². The third-order valence-corrected chi connectivity index (χ3v) is 5.07. The highest BCUT2D eigenvalue weighted by molar-refractivity contribution is 5.99. The summed E-state index contributed by atoms with van der Waals surface area (Å²) in [5, 5.41) is 16.1. The highest BCUT2D eigenvalue weighted by Crippen LogP contribution is 2.19. The van der Waals surface area contributed by atoms with Crippen molar-refractivity contribution in [2.75, 3.05) is 18.9 Å². The standard InChI is InChI=1S/C23H24N4O4/c1-14-6-5-7-15(2)21(14)25-20(28)13-26(4)22(29)17-8-10-18(11-9-17)27-16(3)19(12-24-27)23(30)31/h5-12H,13H2,1-4H3,(H,25,28)(H,30,31). The number of carbonyl (C=O) groups is 3. The summed E-state index contributed by atoms with van der Waals surface area (Å²) in [4.78, 5) is 37.7. The number of likely N-dealkylation sites (N-methyl/N-ethyl adjacent to an activating group) is 1. The van der Waals surface area contributed by atoms with Gasteiger partial charge in [-0.3, -0.25) is 9.59 Å². The number of nitrogens with zero attached hydrogens (tertiary/aromatic N) is 3. The number of carboxylic acid groups (broad SMARTS) is 1. The molecule has 0 fully saturated rings. The molecule has 1 aromatic heterocycles. The fourth-order valence-corrected chi connectivity index (χ4v) is 3.32. The number of carboxylic acids is 1. The largest absolute Gasteiger partial charge is 0.478 e. The molecule has 0 spiro atoms. The summed E-state index contributed by atoms with van der Waals surface area (Å²) in [5.74, 6) is -1.62. The first-order chi connectivity index (χ1) is 14.7. The third kappa shape index (κ3) is 4.63. The number of benzene rings is 2. The number of aromatic nitrogens is 2. The molecule has 0 unspecified atom stereocenters. The fourth-order valence-electron chi connectivity index (χ4n) is 3.32. The Balaban J connectivity index is 1.68. The second-order valence-corrected chi connectivity index (χ2v) is 7.38. The van der Waals surface area contributed by atoms with Gasteiger partial charge in [-0.05, 0) is 56.2 Å². The first kappa shape index (κ1) is 21.8. The molecule has 0 atom stereocenters. The monoisotopic (exact) mass is 420 g/mol. The van der Waals surface area contributed by atoms with Crippen LogP contribution in [-0.4, -0.2) is 51.2 Å². The van der Waals surface area contributed by atoms with Gasteiger partial charge in [0.1, 0.15) is 5.56 Å². The van der Waals surface area contributed by atoms with Gasteiger partial charge in [-0.15, -0.1) is 0 Å². The zero-order valence-electron chi connectivity index (χ0n) is 17.8. The fraction of sp³-hybridized carbons (Fsp3) is 0.217. The van der Waals surface area contributed by atoms with Crippen molar-refractivity contribution < 1.29 is 19.5 Å². The summed E-state index contributed by atoms with van der Waals surface area (Å²) in [5.41, 5.74) is 4.33. The van der Waals surface area contributed by atoms with E-state index in [9.17, 15) is 14.4 Å². The molecule has 0 aliphatic carbocycles. The summed E-state index contributed by atoms with van der Waals surface area (Å²) in [6.45, 7) is 5.41. The van der Waals surface area contributed by atoms with Crippen LogP contribution in [0.2, 0.25) is 0 Å². The molecule has 8 heteroatoms. The predicted molar refractivity (Wildman–Crippen MR) is 117 cm³/mol. The molecule has 2 amide bonds. The van der Waals surface area contributed by atoms with Gasteiger partial charge < -0.3 is 15.3 Å². The van der Waals surface area contributed by atoms with Gasteiger partial charge in [-0.1, -0.05) is 18.2 Å². The van der Waals surface area contributed by atoms with E-state index in [0.717, 1.165) is 16.8 Å². The average molecular weight is 420 g/mol. The maximum absolute atomic E-state index is 12.7. The van der Waals surface area contributed by atoms with E-state index in [2.05, 4.69) is 10.4 Å². The first-order valence-corrected chi connectivity index (χ1v) is 9.69. The Morgan fingerprint density at radius 1 is 1.03 bits per heavy atom. The Bertz CT molecular complexity index is 1130. The molecule has 0 saturated carbocycles. The van der Waals surface area contributed by atoms with Crippen LogP contribution < -0.4 is 5.32 Å². The van der Waals surface area contributed by atoms with Gasteiger partial charge in [0.05, 0.1) is 24.1 Å². The summed E-state index contributed by atoms with van der Waals surface area (Å²) in [6, 6.07) is 12.4. The van der Waals surface area contributed by atoms with Crippen LogP contribution in [0.25, 0.3) is 5.69 Å². The summed E-state index contributed by atoms with van der Waals surface area (Å²) in [6.07, 6.45) is 1.29. The van der Waals surface area contributed by atoms with E-state index >= 15 is 0 Å². The number of para-hydroxylation sites is 1. The molecule has 0 saturated heterocycles. The number of aryl methyl sites for hydroxylation is 2. The van der Waals surface area contributed by atoms with Gasteiger partial charge in [0.25, 0.3) is 5.91 Å². The molecule has 2 N–H and O–H groups in total. The van der Waals surface area contributed by atoms with E-state index in [1.165, 1.54) is 15.8 Å². The van der Waals surface area contributed by atoms with Crippen LogP contribution in [0.1, 0.15) is 37.5 Å². The van der Waals surface area contributed by atoms with Crippen molar-refractivity contribution in [3.05, 3.63) is 76.6 Å². The minimum Gasteiger partial charge on any atom is -0.478 e. The van der Waals surface area contributed by atoms with Crippen molar-refractivity contribution in [1.82, 2.24) is 14.7 Å². The smallest absolute Gasteiger partial charge is 0.339 e. The van der Waals surface area contributed by atoms with E-state index in [-0.39, 0.29) is 23.9 Å². The van der Waals surface area contributed by atoms with Crippen LogP contribution >= 0.6 is 0 Å². The minimum atomic E-state index is -1.05. The third-order valence-electron chi connectivity index (χ3n) is 5.07. The van der Waals surface area contributed by atoms with Crippen LogP contribution in [0, 0.1) is 20.8 Å². The lowest BCUT2D eigenvalue weighted by molar-refractivity contribution is -0.116. The molecule has 3 aromatic rings. The van der Waals surface area contributed by atoms with Crippen molar-refractivity contribution in [2.45, 2.75) is 20.8 Å².